The summed E-state index contributed by atoms with van der Waals surface area (Å²) in [5.74, 6) is 1.77. The summed E-state index contributed by atoms with van der Waals surface area (Å²) in [6.45, 7) is 8.06. The summed E-state index contributed by atoms with van der Waals surface area (Å²) in [5, 5.41) is 0. The van der Waals surface area contributed by atoms with Gasteiger partial charge in [0.05, 0.1) is 32.5 Å². The van der Waals surface area contributed by atoms with Crippen LogP contribution in [0.5, 0.6) is 0 Å². The number of hydrogen-bond acceptors (Lipinski definition) is 8. The standard InChI is InChI=1S/C21H30N6O2/c22-18-19(25-7-11-28-12-8-25)23-21(24-20(18)26-9-13-29-14-10-26)27-6-5-16-3-1-2-4-17(16)15-27/h1-4,18-19H,5-15,22H2. The molecule has 0 spiro atoms. The van der Waals surface area contributed by atoms with Crippen LogP contribution in [0.15, 0.2) is 34.3 Å². The molecule has 1 aromatic carbocycles. The molecule has 4 heterocycles. The number of amidine groups is 1. The summed E-state index contributed by atoms with van der Waals surface area (Å²) >= 11 is 0. The molecule has 0 saturated carbocycles. The number of hydrogen-bond donors (Lipinski definition) is 1. The second-order valence-corrected chi connectivity index (χ2v) is 8.03. The van der Waals surface area contributed by atoms with Crippen molar-refractivity contribution < 1.29 is 9.47 Å². The third-order valence-electron chi connectivity index (χ3n) is 6.25. The first-order valence-electron chi connectivity index (χ1n) is 10.7. The fourth-order valence-electron chi connectivity index (χ4n) is 4.58. The minimum Gasteiger partial charge on any atom is -0.379 e. The number of benzene rings is 1. The summed E-state index contributed by atoms with van der Waals surface area (Å²) < 4.78 is 11.1. The Morgan fingerprint density at radius 3 is 2.31 bits per heavy atom. The molecular weight excluding hydrogens is 368 g/mol. The predicted octanol–water partition coefficient (Wildman–Crippen LogP) is 0.131. The van der Waals surface area contributed by atoms with Crippen molar-refractivity contribution in [2.24, 2.45) is 15.7 Å². The number of ether oxygens (including phenoxy) is 2. The lowest BCUT2D eigenvalue weighted by atomic mass is 10.00. The third-order valence-corrected chi connectivity index (χ3v) is 6.25. The molecule has 2 fully saturated rings. The van der Waals surface area contributed by atoms with Crippen LogP contribution in [-0.4, -0.2) is 97.9 Å². The van der Waals surface area contributed by atoms with Crippen LogP contribution in [0.25, 0.3) is 0 Å². The number of aliphatic imine (C=N–C) groups is 2. The van der Waals surface area contributed by atoms with Gasteiger partial charge in [-0.2, -0.15) is 4.99 Å². The van der Waals surface area contributed by atoms with E-state index in [-0.39, 0.29) is 12.2 Å². The smallest absolute Gasteiger partial charge is 0.224 e. The summed E-state index contributed by atoms with van der Waals surface area (Å²) in [5.41, 5.74) is 9.52. The molecule has 0 aliphatic carbocycles. The van der Waals surface area contributed by atoms with Crippen LogP contribution >= 0.6 is 0 Å². The van der Waals surface area contributed by atoms with Gasteiger partial charge in [-0.25, -0.2) is 4.99 Å². The minimum absolute atomic E-state index is 0.0959. The van der Waals surface area contributed by atoms with E-state index in [1.165, 1.54) is 11.1 Å². The summed E-state index contributed by atoms with van der Waals surface area (Å²) in [6.07, 6.45) is 0.924. The van der Waals surface area contributed by atoms with Gasteiger partial charge in [-0.15, -0.1) is 0 Å². The number of fused-ring (bicyclic) bond motifs is 1. The van der Waals surface area contributed by atoms with Crippen molar-refractivity contribution in [2.45, 2.75) is 25.2 Å². The maximum Gasteiger partial charge on any atom is 0.224 e. The van der Waals surface area contributed by atoms with Crippen LogP contribution in [0, 0.1) is 0 Å². The Kier molecular flexibility index (Phi) is 5.50. The van der Waals surface area contributed by atoms with Gasteiger partial charge in [0.1, 0.15) is 12.0 Å². The molecule has 29 heavy (non-hydrogen) atoms. The average molecular weight is 399 g/mol. The zero-order chi connectivity index (χ0) is 19.6. The van der Waals surface area contributed by atoms with Crippen molar-refractivity contribution in [2.75, 3.05) is 59.2 Å². The molecular formula is C21H30N6O2. The Balaban J connectivity index is 1.44. The Bertz CT molecular complexity index is 785. The fourth-order valence-corrected chi connectivity index (χ4v) is 4.58. The fraction of sp³-hybridized carbons (Fsp3) is 0.619. The molecule has 0 aromatic heterocycles. The predicted molar refractivity (Wildman–Crippen MR) is 112 cm³/mol. The van der Waals surface area contributed by atoms with E-state index >= 15 is 0 Å². The van der Waals surface area contributed by atoms with E-state index in [0.717, 1.165) is 83.9 Å². The molecule has 0 radical (unpaired) electrons. The number of nitrogens with zero attached hydrogens (tertiary/aromatic N) is 5. The van der Waals surface area contributed by atoms with Crippen molar-refractivity contribution in [3.8, 4) is 0 Å². The highest BCUT2D eigenvalue weighted by atomic mass is 16.5. The molecule has 2 saturated heterocycles. The number of rotatable bonds is 1. The summed E-state index contributed by atoms with van der Waals surface area (Å²) in [7, 11) is 0. The number of morpholine rings is 2. The lowest BCUT2D eigenvalue weighted by molar-refractivity contribution is 0.0145. The molecule has 156 valence electrons. The van der Waals surface area contributed by atoms with E-state index in [2.05, 4.69) is 39.0 Å². The normalized spacial score (nSPS) is 28.6. The molecule has 4 aliphatic rings. The first-order valence-corrected chi connectivity index (χ1v) is 10.7. The van der Waals surface area contributed by atoms with Gasteiger partial charge in [-0.3, -0.25) is 4.90 Å². The number of nitrogens with two attached hydrogens (primary N) is 1. The van der Waals surface area contributed by atoms with E-state index in [0.29, 0.717) is 0 Å². The molecule has 5 rings (SSSR count). The zero-order valence-electron chi connectivity index (χ0n) is 16.9. The average Bonchev–Trinajstić information content (AvgIpc) is 2.80. The quantitative estimate of drug-likeness (QED) is 0.725. The van der Waals surface area contributed by atoms with Crippen molar-refractivity contribution in [3.05, 3.63) is 35.4 Å². The maximum absolute atomic E-state index is 6.73. The van der Waals surface area contributed by atoms with Crippen LogP contribution in [0.3, 0.4) is 0 Å². The van der Waals surface area contributed by atoms with Gasteiger partial charge in [-0.05, 0) is 17.5 Å². The van der Waals surface area contributed by atoms with Gasteiger partial charge in [0.15, 0.2) is 0 Å². The van der Waals surface area contributed by atoms with Gasteiger partial charge in [0.25, 0.3) is 0 Å². The van der Waals surface area contributed by atoms with Crippen molar-refractivity contribution >= 4 is 11.8 Å². The highest BCUT2D eigenvalue weighted by molar-refractivity contribution is 6.01. The topological polar surface area (TPSA) is 78.9 Å². The highest BCUT2D eigenvalue weighted by Gasteiger charge is 2.37. The minimum atomic E-state index is -0.230. The largest absolute Gasteiger partial charge is 0.379 e. The van der Waals surface area contributed by atoms with Crippen molar-refractivity contribution in [3.63, 3.8) is 0 Å². The molecule has 4 aliphatic heterocycles. The van der Waals surface area contributed by atoms with Gasteiger partial charge in [-0.1, -0.05) is 24.3 Å². The van der Waals surface area contributed by atoms with Crippen LogP contribution in [-0.2, 0) is 22.4 Å². The second kappa shape index (κ2) is 8.39. The van der Waals surface area contributed by atoms with Crippen molar-refractivity contribution in [1.82, 2.24) is 14.7 Å². The molecule has 2 atom stereocenters. The van der Waals surface area contributed by atoms with Crippen LogP contribution < -0.4 is 5.73 Å². The second-order valence-electron chi connectivity index (χ2n) is 8.03. The van der Waals surface area contributed by atoms with E-state index in [9.17, 15) is 0 Å². The number of guanidine groups is 1. The Morgan fingerprint density at radius 1 is 0.862 bits per heavy atom. The Morgan fingerprint density at radius 2 is 1.55 bits per heavy atom. The van der Waals surface area contributed by atoms with Gasteiger partial charge < -0.3 is 25.0 Å². The van der Waals surface area contributed by atoms with Crippen molar-refractivity contribution in [1.29, 1.82) is 0 Å². The summed E-state index contributed by atoms with van der Waals surface area (Å²) in [4.78, 5) is 17.0. The highest BCUT2D eigenvalue weighted by Crippen LogP contribution is 2.23. The maximum atomic E-state index is 6.73. The monoisotopic (exact) mass is 398 g/mol. The first-order chi connectivity index (χ1) is 14.3. The molecule has 0 bridgehead atoms. The molecule has 0 amide bonds. The summed E-state index contributed by atoms with van der Waals surface area (Å²) in [6, 6.07) is 8.44. The molecule has 2 N–H and O–H groups in total. The molecule has 2 unspecified atom stereocenters. The van der Waals surface area contributed by atoms with Crippen LogP contribution in [0.2, 0.25) is 0 Å². The molecule has 1 aromatic rings. The van der Waals surface area contributed by atoms with E-state index in [4.69, 9.17) is 25.2 Å². The third kappa shape index (κ3) is 3.90. The molecule has 8 heteroatoms. The lowest BCUT2D eigenvalue weighted by Crippen LogP contribution is -2.61. The van der Waals surface area contributed by atoms with Crippen LogP contribution in [0.4, 0.5) is 0 Å². The zero-order valence-corrected chi connectivity index (χ0v) is 16.9. The SMILES string of the molecule is NC1C(N2CCOCC2)=NC(N2CCc3ccccc3C2)=NC1N1CCOCC1. The lowest BCUT2D eigenvalue weighted by Gasteiger charge is -2.42. The Hall–Kier alpha value is -2.00. The first kappa shape index (κ1) is 19.0. The van der Waals surface area contributed by atoms with Crippen LogP contribution in [0.1, 0.15) is 11.1 Å². The van der Waals surface area contributed by atoms with E-state index < -0.39 is 0 Å². The van der Waals surface area contributed by atoms with E-state index in [1.807, 2.05) is 0 Å². The Labute approximate surface area is 172 Å². The molecule has 8 nitrogen and oxygen atoms in total. The van der Waals surface area contributed by atoms with Gasteiger partial charge >= 0.3 is 0 Å². The van der Waals surface area contributed by atoms with E-state index in [1.54, 1.807) is 0 Å². The van der Waals surface area contributed by atoms with Gasteiger partial charge in [0.2, 0.25) is 5.96 Å². The van der Waals surface area contributed by atoms with Gasteiger partial charge in [0, 0.05) is 39.3 Å².